The minimum absolute atomic E-state index is 0.107. The van der Waals surface area contributed by atoms with Crippen LogP contribution >= 0.6 is 0 Å². The number of esters is 1. The summed E-state index contributed by atoms with van der Waals surface area (Å²) < 4.78 is 6.44. The number of aromatic nitrogens is 1. The van der Waals surface area contributed by atoms with Crippen LogP contribution in [0.1, 0.15) is 18.3 Å². The number of nitriles is 1. The molecular formula is C10H12N2O2. The molecule has 1 aromatic heterocycles. The summed E-state index contributed by atoms with van der Waals surface area (Å²) >= 11 is 0. The molecule has 14 heavy (non-hydrogen) atoms. The van der Waals surface area contributed by atoms with E-state index in [2.05, 4.69) is 0 Å². The molecule has 0 saturated carbocycles. The van der Waals surface area contributed by atoms with Crippen LogP contribution in [0.5, 0.6) is 0 Å². The Kier molecular flexibility index (Phi) is 3.29. The lowest BCUT2D eigenvalue weighted by molar-refractivity contribution is -0.143. The molecule has 0 radical (unpaired) electrons. The van der Waals surface area contributed by atoms with Crippen molar-refractivity contribution in [3.8, 4) is 6.07 Å². The molecule has 74 valence electrons. The molecular weight excluding hydrogens is 180 g/mol. The number of hydrogen-bond donors (Lipinski definition) is 0. The van der Waals surface area contributed by atoms with E-state index in [0.717, 1.165) is 5.69 Å². The number of carbonyl (C=O) groups excluding carboxylic acids is 1. The predicted molar refractivity (Wildman–Crippen MR) is 50.5 cm³/mol. The number of rotatable bonds is 3. The Hall–Kier alpha value is -1.76. The van der Waals surface area contributed by atoms with Gasteiger partial charge >= 0.3 is 5.97 Å². The van der Waals surface area contributed by atoms with Gasteiger partial charge in [-0.2, -0.15) is 5.26 Å². The van der Waals surface area contributed by atoms with Gasteiger partial charge in [-0.05, 0) is 26.0 Å². The standard InChI is InChI=1S/C10H12N2O2/c1-3-14-10(13)7-12-8(2)4-5-9(12)6-11/h4-5H,3,7H2,1-2H3. The second-order valence-electron chi connectivity index (χ2n) is 2.86. The molecule has 0 atom stereocenters. The Morgan fingerprint density at radius 2 is 2.36 bits per heavy atom. The Bertz CT molecular complexity index is 374. The molecule has 0 amide bonds. The zero-order valence-electron chi connectivity index (χ0n) is 8.28. The number of ether oxygens (including phenoxy) is 1. The highest BCUT2D eigenvalue weighted by molar-refractivity contribution is 5.69. The largest absolute Gasteiger partial charge is 0.465 e. The predicted octanol–water partition coefficient (Wildman–Crippen LogP) is 1.23. The van der Waals surface area contributed by atoms with E-state index < -0.39 is 0 Å². The minimum atomic E-state index is -0.316. The van der Waals surface area contributed by atoms with Crippen LogP contribution in [0.25, 0.3) is 0 Å². The molecule has 1 aromatic rings. The molecule has 0 spiro atoms. The average Bonchev–Trinajstić information content (AvgIpc) is 2.48. The lowest BCUT2D eigenvalue weighted by Crippen LogP contribution is -2.15. The molecule has 0 aliphatic rings. The van der Waals surface area contributed by atoms with Gasteiger partial charge in [0.05, 0.1) is 6.61 Å². The molecule has 1 heterocycles. The molecule has 0 bridgehead atoms. The van der Waals surface area contributed by atoms with Crippen LogP contribution in [-0.2, 0) is 16.1 Å². The topological polar surface area (TPSA) is 55.0 Å². The van der Waals surface area contributed by atoms with E-state index in [9.17, 15) is 4.79 Å². The summed E-state index contributed by atoms with van der Waals surface area (Å²) in [6.07, 6.45) is 0. The molecule has 0 saturated heterocycles. The molecule has 0 aliphatic heterocycles. The zero-order valence-corrected chi connectivity index (χ0v) is 8.28. The quantitative estimate of drug-likeness (QED) is 0.677. The van der Waals surface area contributed by atoms with Gasteiger partial charge in [0.2, 0.25) is 0 Å². The summed E-state index contributed by atoms with van der Waals surface area (Å²) in [5.41, 5.74) is 1.37. The van der Waals surface area contributed by atoms with Gasteiger partial charge in [0, 0.05) is 5.69 Å². The van der Waals surface area contributed by atoms with E-state index in [1.54, 1.807) is 23.6 Å². The Balaban J connectivity index is 2.80. The Morgan fingerprint density at radius 1 is 1.64 bits per heavy atom. The third kappa shape index (κ3) is 2.13. The Morgan fingerprint density at radius 3 is 2.93 bits per heavy atom. The van der Waals surface area contributed by atoms with Crippen LogP contribution in [-0.4, -0.2) is 17.1 Å². The van der Waals surface area contributed by atoms with Crippen molar-refractivity contribution in [3.63, 3.8) is 0 Å². The number of carbonyl (C=O) groups is 1. The van der Waals surface area contributed by atoms with Crippen LogP contribution in [0.15, 0.2) is 12.1 Å². The van der Waals surface area contributed by atoms with E-state index in [0.29, 0.717) is 12.3 Å². The van der Waals surface area contributed by atoms with E-state index in [1.165, 1.54) is 0 Å². The molecule has 0 aromatic carbocycles. The summed E-state index contributed by atoms with van der Waals surface area (Å²) in [4.78, 5) is 11.2. The highest BCUT2D eigenvalue weighted by Crippen LogP contribution is 2.07. The summed E-state index contributed by atoms with van der Waals surface area (Å²) in [5.74, 6) is -0.316. The fourth-order valence-corrected chi connectivity index (χ4v) is 1.21. The maximum Gasteiger partial charge on any atom is 0.325 e. The number of hydrogen-bond acceptors (Lipinski definition) is 3. The zero-order chi connectivity index (χ0) is 10.6. The first kappa shape index (κ1) is 10.3. The first-order valence-electron chi connectivity index (χ1n) is 4.41. The highest BCUT2D eigenvalue weighted by atomic mass is 16.5. The van der Waals surface area contributed by atoms with Crippen LogP contribution in [0.3, 0.4) is 0 Å². The maximum atomic E-state index is 11.2. The van der Waals surface area contributed by atoms with Crippen LogP contribution in [0.2, 0.25) is 0 Å². The first-order valence-corrected chi connectivity index (χ1v) is 4.41. The SMILES string of the molecule is CCOC(=O)Cn1c(C)ccc1C#N. The summed E-state index contributed by atoms with van der Waals surface area (Å²) in [5, 5.41) is 8.75. The molecule has 4 heteroatoms. The third-order valence-corrected chi connectivity index (χ3v) is 1.91. The lowest BCUT2D eigenvalue weighted by Gasteiger charge is -2.06. The van der Waals surface area contributed by atoms with Gasteiger partial charge < -0.3 is 9.30 Å². The van der Waals surface area contributed by atoms with Crippen molar-refractivity contribution in [1.29, 1.82) is 5.26 Å². The molecule has 4 nitrogen and oxygen atoms in total. The van der Waals surface area contributed by atoms with Crippen molar-refractivity contribution in [2.75, 3.05) is 6.61 Å². The Labute approximate surface area is 82.7 Å². The van der Waals surface area contributed by atoms with Gasteiger partial charge in [0.1, 0.15) is 18.3 Å². The molecule has 0 unspecified atom stereocenters. The van der Waals surface area contributed by atoms with Gasteiger partial charge in [-0.3, -0.25) is 4.79 Å². The number of aryl methyl sites for hydroxylation is 1. The molecule has 0 N–H and O–H groups in total. The van der Waals surface area contributed by atoms with Gasteiger partial charge in [0.15, 0.2) is 0 Å². The van der Waals surface area contributed by atoms with Gasteiger partial charge in [0.25, 0.3) is 0 Å². The highest BCUT2D eigenvalue weighted by Gasteiger charge is 2.09. The van der Waals surface area contributed by atoms with Crippen LogP contribution in [0, 0.1) is 18.3 Å². The minimum Gasteiger partial charge on any atom is -0.465 e. The average molecular weight is 192 g/mol. The normalized spacial score (nSPS) is 9.50. The smallest absolute Gasteiger partial charge is 0.325 e. The van der Waals surface area contributed by atoms with Crippen molar-refractivity contribution in [3.05, 3.63) is 23.5 Å². The van der Waals surface area contributed by atoms with Crippen molar-refractivity contribution in [2.45, 2.75) is 20.4 Å². The monoisotopic (exact) mass is 192 g/mol. The molecule has 0 fully saturated rings. The van der Waals surface area contributed by atoms with Crippen molar-refractivity contribution in [1.82, 2.24) is 4.57 Å². The van der Waals surface area contributed by atoms with E-state index >= 15 is 0 Å². The van der Waals surface area contributed by atoms with Crippen LogP contribution in [0.4, 0.5) is 0 Å². The van der Waals surface area contributed by atoms with Crippen LogP contribution < -0.4 is 0 Å². The van der Waals surface area contributed by atoms with Gasteiger partial charge in [-0.15, -0.1) is 0 Å². The van der Waals surface area contributed by atoms with E-state index in [-0.39, 0.29) is 12.5 Å². The first-order chi connectivity index (χ1) is 6.69. The van der Waals surface area contributed by atoms with E-state index in [4.69, 9.17) is 10.00 Å². The second kappa shape index (κ2) is 4.47. The molecule has 1 rings (SSSR count). The van der Waals surface area contributed by atoms with Gasteiger partial charge in [-0.25, -0.2) is 0 Å². The maximum absolute atomic E-state index is 11.2. The fraction of sp³-hybridized carbons (Fsp3) is 0.400. The second-order valence-corrected chi connectivity index (χ2v) is 2.86. The summed E-state index contributed by atoms with van der Waals surface area (Å²) in [6.45, 7) is 4.07. The van der Waals surface area contributed by atoms with Crippen molar-refractivity contribution in [2.24, 2.45) is 0 Å². The summed E-state index contributed by atoms with van der Waals surface area (Å²) in [7, 11) is 0. The number of nitrogens with zero attached hydrogens (tertiary/aromatic N) is 2. The fourth-order valence-electron chi connectivity index (χ4n) is 1.21. The summed E-state index contributed by atoms with van der Waals surface area (Å²) in [6, 6.07) is 5.51. The van der Waals surface area contributed by atoms with Crippen molar-refractivity contribution < 1.29 is 9.53 Å². The lowest BCUT2D eigenvalue weighted by atomic mass is 10.4. The van der Waals surface area contributed by atoms with E-state index in [1.807, 2.05) is 13.0 Å². The molecule has 0 aliphatic carbocycles. The third-order valence-electron chi connectivity index (χ3n) is 1.91. The van der Waals surface area contributed by atoms with Crippen molar-refractivity contribution >= 4 is 5.97 Å². The van der Waals surface area contributed by atoms with Gasteiger partial charge in [-0.1, -0.05) is 0 Å².